The number of nitrogens with one attached hydrogen (secondary N) is 1. The number of ether oxygens (including phenoxy) is 1. The van der Waals surface area contributed by atoms with Gasteiger partial charge in [0, 0.05) is 10.8 Å². The Morgan fingerprint density at radius 3 is 2.70 bits per heavy atom. The van der Waals surface area contributed by atoms with Crippen molar-refractivity contribution < 1.29 is 4.74 Å². The molecule has 3 atom stereocenters. The first kappa shape index (κ1) is 15.9. The first-order valence-corrected chi connectivity index (χ1v) is 8.64. The van der Waals surface area contributed by atoms with Crippen LogP contribution in [0, 0.1) is 0 Å². The van der Waals surface area contributed by atoms with Crippen LogP contribution in [0.3, 0.4) is 0 Å². The zero-order valence-electron chi connectivity index (χ0n) is 13.4. The highest BCUT2D eigenvalue weighted by Gasteiger charge is 2.32. The fourth-order valence-corrected chi connectivity index (χ4v) is 3.70. The van der Waals surface area contributed by atoms with E-state index in [9.17, 15) is 0 Å². The highest BCUT2D eigenvalue weighted by Crippen LogP contribution is 2.33. The van der Waals surface area contributed by atoms with Crippen molar-refractivity contribution in [1.82, 2.24) is 10.3 Å². The minimum Gasteiger partial charge on any atom is -0.373 e. The Morgan fingerprint density at radius 1 is 1.45 bits per heavy atom. The molecule has 114 valence electrons. The van der Waals surface area contributed by atoms with Crippen LogP contribution >= 0.6 is 11.3 Å². The molecule has 1 aromatic heterocycles. The molecule has 0 saturated carbocycles. The average molecular weight is 296 g/mol. The molecule has 0 radical (unpaired) electrons. The van der Waals surface area contributed by atoms with Gasteiger partial charge in [0.25, 0.3) is 0 Å². The number of hydrogen-bond donors (Lipinski definition) is 1. The van der Waals surface area contributed by atoms with Crippen LogP contribution in [0.2, 0.25) is 0 Å². The molecule has 0 bridgehead atoms. The van der Waals surface area contributed by atoms with Gasteiger partial charge in [-0.2, -0.15) is 0 Å². The summed E-state index contributed by atoms with van der Waals surface area (Å²) in [7, 11) is 0. The van der Waals surface area contributed by atoms with Crippen LogP contribution in [-0.4, -0.2) is 23.7 Å². The predicted molar refractivity (Wildman–Crippen MR) is 85.4 cm³/mol. The Labute approximate surface area is 127 Å². The van der Waals surface area contributed by atoms with Crippen LogP contribution in [-0.2, 0) is 10.2 Å². The van der Waals surface area contributed by atoms with Gasteiger partial charge in [0.05, 0.1) is 23.9 Å². The molecule has 20 heavy (non-hydrogen) atoms. The summed E-state index contributed by atoms with van der Waals surface area (Å²) < 4.78 is 6.07. The molecule has 1 saturated heterocycles. The lowest BCUT2D eigenvalue weighted by Gasteiger charge is -2.23. The van der Waals surface area contributed by atoms with Crippen molar-refractivity contribution in [3.05, 3.63) is 16.1 Å². The number of rotatable bonds is 5. The Bertz CT molecular complexity index is 424. The quantitative estimate of drug-likeness (QED) is 0.890. The van der Waals surface area contributed by atoms with Gasteiger partial charge in [0.2, 0.25) is 0 Å². The molecular formula is C16H28N2OS. The van der Waals surface area contributed by atoms with E-state index in [1.54, 1.807) is 11.3 Å². The summed E-state index contributed by atoms with van der Waals surface area (Å²) in [6.45, 7) is 12.0. The molecule has 3 unspecified atom stereocenters. The number of hydrogen-bond acceptors (Lipinski definition) is 4. The largest absolute Gasteiger partial charge is 0.373 e. The van der Waals surface area contributed by atoms with Crippen LogP contribution in [0.4, 0.5) is 0 Å². The van der Waals surface area contributed by atoms with E-state index in [1.165, 1.54) is 10.7 Å². The smallest absolute Gasteiger partial charge is 0.113 e. The van der Waals surface area contributed by atoms with E-state index >= 15 is 0 Å². The number of nitrogens with zero attached hydrogens (tertiary/aromatic N) is 1. The van der Waals surface area contributed by atoms with Crippen LogP contribution in [0.5, 0.6) is 0 Å². The van der Waals surface area contributed by atoms with Gasteiger partial charge in [-0.1, -0.05) is 27.7 Å². The zero-order chi connectivity index (χ0) is 14.8. The lowest BCUT2D eigenvalue weighted by Crippen LogP contribution is -2.32. The van der Waals surface area contributed by atoms with Crippen molar-refractivity contribution in [2.24, 2.45) is 0 Å². The van der Waals surface area contributed by atoms with Gasteiger partial charge in [-0.15, -0.1) is 11.3 Å². The molecule has 0 aliphatic carbocycles. The second-order valence-corrected chi connectivity index (χ2v) is 7.70. The van der Waals surface area contributed by atoms with Crippen molar-refractivity contribution in [2.45, 2.75) is 77.5 Å². The lowest BCUT2D eigenvalue weighted by atomic mass is 9.93. The Hall–Kier alpha value is -0.450. The van der Waals surface area contributed by atoms with Crippen molar-refractivity contribution >= 4 is 11.3 Å². The predicted octanol–water partition coefficient (Wildman–Crippen LogP) is 4.05. The third-order valence-electron chi connectivity index (χ3n) is 3.81. The van der Waals surface area contributed by atoms with Gasteiger partial charge in [-0.05, 0) is 32.7 Å². The van der Waals surface area contributed by atoms with Crippen molar-refractivity contribution in [3.63, 3.8) is 0 Å². The molecule has 4 heteroatoms. The van der Waals surface area contributed by atoms with E-state index in [4.69, 9.17) is 9.72 Å². The van der Waals surface area contributed by atoms with Gasteiger partial charge >= 0.3 is 0 Å². The van der Waals surface area contributed by atoms with Gasteiger partial charge in [-0.25, -0.2) is 4.98 Å². The Kier molecular flexibility index (Phi) is 5.21. The van der Waals surface area contributed by atoms with E-state index in [-0.39, 0.29) is 17.6 Å². The topological polar surface area (TPSA) is 34.2 Å². The number of aromatic nitrogens is 1. The summed E-state index contributed by atoms with van der Waals surface area (Å²) >= 11 is 1.77. The van der Waals surface area contributed by atoms with Crippen molar-refractivity contribution in [3.8, 4) is 0 Å². The highest BCUT2D eigenvalue weighted by molar-refractivity contribution is 7.09. The van der Waals surface area contributed by atoms with Gasteiger partial charge in [0.1, 0.15) is 5.01 Å². The van der Waals surface area contributed by atoms with E-state index in [0.717, 1.165) is 25.8 Å². The minimum absolute atomic E-state index is 0.119. The van der Waals surface area contributed by atoms with E-state index in [2.05, 4.69) is 45.3 Å². The summed E-state index contributed by atoms with van der Waals surface area (Å²) in [5.74, 6) is 0. The summed E-state index contributed by atoms with van der Waals surface area (Å²) in [4.78, 5) is 4.88. The fourth-order valence-electron chi connectivity index (χ4n) is 2.53. The maximum atomic E-state index is 6.07. The van der Waals surface area contributed by atoms with E-state index < -0.39 is 0 Å². The summed E-state index contributed by atoms with van der Waals surface area (Å²) in [5.41, 5.74) is 1.31. The first-order valence-electron chi connectivity index (χ1n) is 7.76. The normalized spacial score (nSPS) is 25.1. The van der Waals surface area contributed by atoms with Gasteiger partial charge in [0.15, 0.2) is 0 Å². The molecule has 1 aliphatic rings. The number of thiazole rings is 1. The minimum atomic E-state index is 0.119. The van der Waals surface area contributed by atoms with E-state index in [1.807, 2.05) is 0 Å². The fraction of sp³-hybridized carbons (Fsp3) is 0.812. The standard InChI is InChI=1S/C16H28N2OS/c1-6-9-17-14(12-8-7-11(2)19-12)15-18-13(10-20-15)16(3,4)5/h10-12,14,17H,6-9H2,1-5H3. The molecule has 0 spiro atoms. The maximum Gasteiger partial charge on any atom is 0.113 e. The second kappa shape index (κ2) is 6.54. The summed E-state index contributed by atoms with van der Waals surface area (Å²) in [6.07, 6.45) is 4.08. The molecule has 0 aromatic carbocycles. The Balaban J connectivity index is 2.15. The Morgan fingerprint density at radius 2 is 2.20 bits per heavy atom. The molecule has 1 fully saturated rings. The second-order valence-electron chi connectivity index (χ2n) is 6.82. The summed E-state index contributed by atoms with van der Waals surface area (Å²) in [5, 5.41) is 7.02. The maximum absolute atomic E-state index is 6.07. The molecule has 0 amide bonds. The first-order chi connectivity index (χ1) is 9.41. The molecule has 1 aliphatic heterocycles. The van der Waals surface area contributed by atoms with Gasteiger partial charge in [-0.3, -0.25) is 0 Å². The highest BCUT2D eigenvalue weighted by atomic mass is 32.1. The van der Waals surface area contributed by atoms with E-state index in [0.29, 0.717) is 6.10 Å². The van der Waals surface area contributed by atoms with Crippen LogP contribution in [0.15, 0.2) is 5.38 Å². The van der Waals surface area contributed by atoms with Gasteiger partial charge < -0.3 is 10.1 Å². The molecule has 2 heterocycles. The monoisotopic (exact) mass is 296 g/mol. The zero-order valence-corrected chi connectivity index (χ0v) is 14.2. The SMILES string of the molecule is CCCNC(c1nc(C(C)(C)C)cs1)C1CCC(C)O1. The molecular weight excluding hydrogens is 268 g/mol. The third kappa shape index (κ3) is 3.80. The molecule has 1 aromatic rings. The summed E-state index contributed by atoms with van der Waals surface area (Å²) in [6, 6.07) is 0.251. The van der Waals surface area contributed by atoms with Crippen LogP contribution in [0.1, 0.15) is 70.6 Å². The van der Waals surface area contributed by atoms with Crippen molar-refractivity contribution in [1.29, 1.82) is 0 Å². The third-order valence-corrected chi connectivity index (χ3v) is 4.74. The molecule has 1 N–H and O–H groups in total. The van der Waals surface area contributed by atoms with Crippen molar-refractivity contribution in [2.75, 3.05) is 6.54 Å². The lowest BCUT2D eigenvalue weighted by molar-refractivity contribution is 0.0315. The average Bonchev–Trinajstić information content (AvgIpc) is 2.99. The molecule has 2 rings (SSSR count). The molecule has 3 nitrogen and oxygen atoms in total. The van der Waals surface area contributed by atoms with Crippen LogP contribution < -0.4 is 5.32 Å². The van der Waals surface area contributed by atoms with Crippen LogP contribution in [0.25, 0.3) is 0 Å².